The first kappa shape index (κ1) is 17.1. The predicted octanol–water partition coefficient (Wildman–Crippen LogP) is 1.33. The van der Waals surface area contributed by atoms with Gasteiger partial charge in [0.1, 0.15) is 15.6 Å². The number of sulfone groups is 1. The molecule has 0 aromatic heterocycles. The van der Waals surface area contributed by atoms with E-state index >= 15 is 0 Å². The maximum Gasteiger partial charge on any atom is 0.153 e. The molecule has 0 aliphatic heterocycles. The molecular weight excluding hydrogens is 346 g/mol. The molecule has 1 aromatic carbocycles. The van der Waals surface area contributed by atoms with Crippen molar-refractivity contribution in [2.45, 2.75) is 18.9 Å². The molecule has 0 heterocycles. The molecule has 0 spiro atoms. The summed E-state index contributed by atoms with van der Waals surface area (Å²) >= 11 is 3.34. The number of methoxy groups -OCH3 is 1. The average molecular weight is 364 g/mol. The highest BCUT2D eigenvalue weighted by atomic mass is 79.9. The molecule has 0 bridgehead atoms. The maximum absolute atomic E-state index is 11.9. The number of Topliss-reactive ketones (excluding diaryl/α,β-unsaturated/α-hetero) is 1. The minimum Gasteiger partial charge on any atom is -0.496 e. The molecule has 0 aliphatic carbocycles. The van der Waals surface area contributed by atoms with Crippen molar-refractivity contribution >= 4 is 31.6 Å². The molecule has 0 saturated heterocycles. The van der Waals surface area contributed by atoms with E-state index in [1.54, 1.807) is 25.3 Å². The number of halogens is 1. The van der Waals surface area contributed by atoms with Crippen molar-refractivity contribution in [3.05, 3.63) is 28.2 Å². The predicted molar refractivity (Wildman–Crippen MR) is 81.7 cm³/mol. The van der Waals surface area contributed by atoms with Gasteiger partial charge in [0.05, 0.1) is 23.4 Å². The molecule has 1 aromatic rings. The molecule has 1 atom stereocenters. The van der Waals surface area contributed by atoms with Crippen molar-refractivity contribution in [1.82, 2.24) is 0 Å². The molecule has 2 N–H and O–H groups in total. The molecule has 7 heteroatoms. The third kappa shape index (κ3) is 5.60. The number of hydrogen-bond acceptors (Lipinski definition) is 5. The van der Waals surface area contributed by atoms with Crippen LogP contribution in [0.15, 0.2) is 22.7 Å². The number of benzene rings is 1. The second-order valence-electron chi connectivity index (χ2n) is 4.64. The molecule has 1 unspecified atom stereocenters. The summed E-state index contributed by atoms with van der Waals surface area (Å²) < 4.78 is 28.0. The van der Waals surface area contributed by atoms with Crippen molar-refractivity contribution in [3.8, 4) is 5.75 Å². The number of ketones is 1. The zero-order valence-electron chi connectivity index (χ0n) is 11.4. The number of hydrogen-bond donors (Lipinski definition) is 1. The summed E-state index contributed by atoms with van der Waals surface area (Å²) in [5.41, 5.74) is 6.52. The Bertz CT molecular complexity index is 586. The van der Waals surface area contributed by atoms with E-state index in [0.717, 1.165) is 16.3 Å². The largest absolute Gasteiger partial charge is 0.496 e. The third-order valence-corrected chi connectivity index (χ3v) is 4.40. The SMILES string of the molecule is COc1ccc(CC(=O)C(N)CCS(C)(=O)=O)cc1Br. The number of ether oxygens (including phenoxy) is 1. The summed E-state index contributed by atoms with van der Waals surface area (Å²) in [7, 11) is -1.54. The highest BCUT2D eigenvalue weighted by Crippen LogP contribution is 2.25. The topological polar surface area (TPSA) is 86.5 Å². The second-order valence-corrected chi connectivity index (χ2v) is 7.75. The quantitative estimate of drug-likeness (QED) is 0.789. The van der Waals surface area contributed by atoms with Crippen LogP contribution in [-0.2, 0) is 21.1 Å². The first-order valence-electron chi connectivity index (χ1n) is 6.01. The Balaban J connectivity index is 2.64. The van der Waals surface area contributed by atoms with Crippen molar-refractivity contribution in [2.75, 3.05) is 19.1 Å². The molecule has 5 nitrogen and oxygen atoms in total. The lowest BCUT2D eigenvalue weighted by atomic mass is 10.0. The lowest BCUT2D eigenvalue weighted by Gasteiger charge is -2.11. The zero-order chi connectivity index (χ0) is 15.3. The average Bonchev–Trinajstić information content (AvgIpc) is 2.35. The van der Waals surface area contributed by atoms with Crippen LogP contribution in [0.4, 0.5) is 0 Å². The Morgan fingerprint density at radius 3 is 2.60 bits per heavy atom. The van der Waals surface area contributed by atoms with Crippen molar-refractivity contribution < 1.29 is 17.9 Å². The Hall–Kier alpha value is -0.920. The lowest BCUT2D eigenvalue weighted by molar-refractivity contribution is -0.119. The van der Waals surface area contributed by atoms with E-state index in [1.165, 1.54) is 0 Å². The number of nitrogens with two attached hydrogens (primary N) is 1. The standard InChI is InChI=1S/C13H18BrNO4S/c1-19-13-4-3-9(7-10(13)14)8-12(16)11(15)5-6-20(2,17)18/h3-4,7,11H,5-6,8,15H2,1-2H3. The van der Waals surface area contributed by atoms with Crippen LogP contribution in [0.3, 0.4) is 0 Å². The Morgan fingerprint density at radius 1 is 1.45 bits per heavy atom. The number of rotatable bonds is 7. The zero-order valence-corrected chi connectivity index (χ0v) is 13.8. The van der Waals surface area contributed by atoms with Gasteiger partial charge >= 0.3 is 0 Å². The molecule has 0 amide bonds. The van der Waals surface area contributed by atoms with Gasteiger partial charge < -0.3 is 10.5 Å². The van der Waals surface area contributed by atoms with Crippen LogP contribution in [0.5, 0.6) is 5.75 Å². The van der Waals surface area contributed by atoms with E-state index in [4.69, 9.17) is 10.5 Å². The first-order chi connectivity index (χ1) is 9.23. The van der Waals surface area contributed by atoms with Crippen molar-refractivity contribution in [3.63, 3.8) is 0 Å². The van der Waals surface area contributed by atoms with Crippen LogP contribution in [-0.4, -0.2) is 39.4 Å². The molecule has 20 heavy (non-hydrogen) atoms. The Morgan fingerprint density at radius 2 is 2.10 bits per heavy atom. The van der Waals surface area contributed by atoms with Gasteiger partial charge in [0.25, 0.3) is 0 Å². The van der Waals surface area contributed by atoms with Gasteiger partial charge in [0, 0.05) is 12.7 Å². The van der Waals surface area contributed by atoms with E-state index in [0.29, 0.717) is 5.75 Å². The van der Waals surface area contributed by atoms with Gasteiger partial charge in [-0.2, -0.15) is 0 Å². The summed E-state index contributed by atoms with van der Waals surface area (Å²) in [6.07, 6.45) is 1.45. The summed E-state index contributed by atoms with van der Waals surface area (Å²) in [5.74, 6) is 0.431. The van der Waals surface area contributed by atoms with E-state index in [1.807, 2.05) is 0 Å². The monoisotopic (exact) mass is 363 g/mol. The summed E-state index contributed by atoms with van der Waals surface area (Å²) in [4.78, 5) is 11.9. The van der Waals surface area contributed by atoms with Gasteiger partial charge in [0.15, 0.2) is 5.78 Å². The van der Waals surface area contributed by atoms with E-state index < -0.39 is 15.9 Å². The van der Waals surface area contributed by atoms with Gasteiger partial charge in [-0.25, -0.2) is 8.42 Å². The molecule has 1 rings (SSSR count). The highest BCUT2D eigenvalue weighted by Gasteiger charge is 2.16. The van der Waals surface area contributed by atoms with Crippen molar-refractivity contribution in [1.29, 1.82) is 0 Å². The minimum atomic E-state index is -3.10. The molecule has 0 aliphatic rings. The van der Waals surface area contributed by atoms with Crippen LogP contribution in [0.25, 0.3) is 0 Å². The van der Waals surface area contributed by atoms with Gasteiger partial charge in [0.2, 0.25) is 0 Å². The van der Waals surface area contributed by atoms with Crippen LogP contribution in [0.1, 0.15) is 12.0 Å². The summed E-state index contributed by atoms with van der Waals surface area (Å²) in [6.45, 7) is 0. The molecule has 0 radical (unpaired) electrons. The minimum absolute atomic E-state index is 0.0772. The summed E-state index contributed by atoms with van der Waals surface area (Å²) in [5, 5.41) is 0. The number of carbonyl (C=O) groups is 1. The fourth-order valence-corrected chi connectivity index (χ4v) is 2.92. The Kier molecular flexibility index (Phi) is 6.16. The molecular formula is C13H18BrNO4S. The first-order valence-corrected chi connectivity index (χ1v) is 8.86. The van der Waals surface area contributed by atoms with E-state index in [9.17, 15) is 13.2 Å². The number of carbonyl (C=O) groups excluding carboxylic acids is 1. The van der Waals surface area contributed by atoms with Gasteiger partial charge in [-0.05, 0) is 40.0 Å². The van der Waals surface area contributed by atoms with E-state index in [2.05, 4.69) is 15.9 Å². The second kappa shape index (κ2) is 7.19. The van der Waals surface area contributed by atoms with E-state index in [-0.39, 0.29) is 24.4 Å². The van der Waals surface area contributed by atoms with Crippen LogP contribution < -0.4 is 10.5 Å². The van der Waals surface area contributed by atoms with Gasteiger partial charge in [-0.3, -0.25) is 4.79 Å². The third-order valence-electron chi connectivity index (χ3n) is 2.81. The normalized spacial score (nSPS) is 13.0. The van der Waals surface area contributed by atoms with Crippen LogP contribution in [0.2, 0.25) is 0 Å². The lowest BCUT2D eigenvalue weighted by Crippen LogP contribution is -2.33. The van der Waals surface area contributed by atoms with Crippen molar-refractivity contribution in [2.24, 2.45) is 5.73 Å². The Labute approximate surface area is 127 Å². The van der Waals surface area contributed by atoms with Crippen LogP contribution >= 0.6 is 15.9 Å². The smallest absolute Gasteiger partial charge is 0.153 e. The van der Waals surface area contributed by atoms with Gasteiger partial charge in [-0.15, -0.1) is 0 Å². The molecule has 0 fully saturated rings. The van der Waals surface area contributed by atoms with Crippen LogP contribution in [0, 0.1) is 0 Å². The fourth-order valence-electron chi connectivity index (χ4n) is 1.65. The highest BCUT2D eigenvalue weighted by molar-refractivity contribution is 9.10. The van der Waals surface area contributed by atoms with Gasteiger partial charge in [-0.1, -0.05) is 6.07 Å². The molecule has 0 saturated carbocycles. The molecule has 112 valence electrons. The summed E-state index contributed by atoms with van der Waals surface area (Å²) in [6, 6.07) is 4.57. The fraction of sp³-hybridized carbons (Fsp3) is 0.462. The maximum atomic E-state index is 11.9.